The van der Waals surface area contributed by atoms with Crippen molar-refractivity contribution in [2.24, 2.45) is 0 Å². The molecule has 0 unspecified atom stereocenters. The van der Waals surface area contributed by atoms with Gasteiger partial charge in [0.1, 0.15) is 5.69 Å². The molecule has 2 rings (SSSR count). The molecule has 1 amide bonds. The standard InChI is InChI=1S/C16H18N2O/c1-10-5-11(2)8-14(7-10)18-16(19)15-9-12(3)6-13(4)17-15/h5-9H,1-4H3,(H,18,19). The lowest BCUT2D eigenvalue weighted by Gasteiger charge is -2.08. The number of hydrogen-bond acceptors (Lipinski definition) is 2. The van der Waals surface area contributed by atoms with Crippen LogP contribution in [0.15, 0.2) is 30.3 Å². The van der Waals surface area contributed by atoms with E-state index >= 15 is 0 Å². The van der Waals surface area contributed by atoms with Crippen LogP contribution in [0.4, 0.5) is 5.69 Å². The maximum atomic E-state index is 12.2. The Hall–Kier alpha value is -2.16. The normalized spacial score (nSPS) is 10.3. The SMILES string of the molecule is Cc1cc(C)cc(NC(=O)c2cc(C)cc(C)n2)c1. The van der Waals surface area contributed by atoms with E-state index in [-0.39, 0.29) is 5.91 Å². The molecule has 0 fully saturated rings. The smallest absolute Gasteiger partial charge is 0.274 e. The van der Waals surface area contributed by atoms with Crippen molar-refractivity contribution in [1.29, 1.82) is 0 Å². The van der Waals surface area contributed by atoms with Gasteiger partial charge >= 0.3 is 0 Å². The molecule has 19 heavy (non-hydrogen) atoms. The van der Waals surface area contributed by atoms with Gasteiger partial charge in [-0.1, -0.05) is 6.07 Å². The van der Waals surface area contributed by atoms with E-state index in [0.29, 0.717) is 5.69 Å². The molecule has 1 aromatic carbocycles. The van der Waals surface area contributed by atoms with Crippen LogP contribution < -0.4 is 5.32 Å². The molecule has 1 N–H and O–H groups in total. The first kappa shape index (κ1) is 13.3. The van der Waals surface area contributed by atoms with E-state index < -0.39 is 0 Å². The minimum Gasteiger partial charge on any atom is -0.321 e. The number of rotatable bonds is 2. The van der Waals surface area contributed by atoms with Crippen LogP contribution in [-0.4, -0.2) is 10.9 Å². The van der Waals surface area contributed by atoms with Crippen molar-refractivity contribution in [3.8, 4) is 0 Å². The molecule has 0 aliphatic rings. The number of aryl methyl sites for hydroxylation is 4. The summed E-state index contributed by atoms with van der Waals surface area (Å²) in [6.45, 7) is 7.87. The molecule has 0 saturated heterocycles. The molecule has 0 saturated carbocycles. The molecule has 0 spiro atoms. The van der Waals surface area contributed by atoms with Gasteiger partial charge < -0.3 is 5.32 Å². The largest absolute Gasteiger partial charge is 0.321 e. The Kier molecular flexibility index (Phi) is 3.65. The Balaban J connectivity index is 2.25. The molecule has 0 aliphatic heterocycles. The molecule has 3 nitrogen and oxygen atoms in total. The van der Waals surface area contributed by atoms with Crippen molar-refractivity contribution < 1.29 is 4.79 Å². The molecular weight excluding hydrogens is 236 g/mol. The molecular formula is C16H18N2O. The third-order valence-corrected chi connectivity index (χ3v) is 2.81. The highest BCUT2D eigenvalue weighted by Crippen LogP contribution is 2.15. The average Bonchev–Trinajstić information content (AvgIpc) is 2.25. The van der Waals surface area contributed by atoms with Gasteiger partial charge in [0, 0.05) is 11.4 Å². The van der Waals surface area contributed by atoms with E-state index in [0.717, 1.165) is 28.1 Å². The molecule has 1 aromatic heterocycles. The number of benzene rings is 1. The summed E-state index contributed by atoms with van der Waals surface area (Å²) in [7, 11) is 0. The zero-order valence-electron chi connectivity index (χ0n) is 11.7. The maximum absolute atomic E-state index is 12.2. The van der Waals surface area contributed by atoms with Gasteiger partial charge in [-0.3, -0.25) is 4.79 Å². The number of pyridine rings is 1. The Morgan fingerprint density at radius 1 is 0.895 bits per heavy atom. The van der Waals surface area contributed by atoms with Crippen molar-refractivity contribution in [2.75, 3.05) is 5.32 Å². The lowest BCUT2D eigenvalue weighted by Crippen LogP contribution is -2.14. The highest BCUT2D eigenvalue weighted by molar-refractivity contribution is 6.03. The van der Waals surface area contributed by atoms with E-state index in [2.05, 4.69) is 16.4 Å². The zero-order chi connectivity index (χ0) is 14.0. The van der Waals surface area contributed by atoms with Crippen molar-refractivity contribution in [3.05, 3.63) is 58.4 Å². The fourth-order valence-electron chi connectivity index (χ4n) is 2.20. The highest BCUT2D eigenvalue weighted by Gasteiger charge is 2.09. The minimum atomic E-state index is -0.170. The summed E-state index contributed by atoms with van der Waals surface area (Å²) in [5.74, 6) is -0.170. The molecule has 0 aliphatic carbocycles. The lowest BCUT2D eigenvalue weighted by molar-refractivity contribution is 0.102. The van der Waals surface area contributed by atoms with Gasteiger partial charge in [-0.25, -0.2) is 4.98 Å². The maximum Gasteiger partial charge on any atom is 0.274 e. The van der Waals surface area contributed by atoms with Crippen LogP contribution in [0.1, 0.15) is 32.9 Å². The number of aromatic nitrogens is 1. The van der Waals surface area contributed by atoms with Crippen LogP contribution in [0, 0.1) is 27.7 Å². The van der Waals surface area contributed by atoms with Crippen LogP contribution in [0.25, 0.3) is 0 Å². The van der Waals surface area contributed by atoms with Crippen molar-refractivity contribution in [2.45, 2.75) is 27.7 Å². The van der Waals surface area contributed by atoms with Gasteiger partial charge in [-0.15, -0.1) is 0 Å². The topological polar surface area (TPSA) is 42.0 Å². The molecule has 2 aromatic rings. The molecule has 3 heteroatoms. The van der Waals surface area contributed by atoms with Gasteiger partial charge in [0.2, 0.25) is 0 Å². The third kappa shape index (κ3) is 3.41. The van der Waals surface area contributed by atoms with Crippen LogP contribution >= 0.6 is 0 Å². The fourth-order valence-corrected chi connectivity index (χ4v) is 2.20. The second kappa shape index (κ2) is 5.22. The van der Waals surface area contributed by atoms with E-state index in [1.807, 2.05) is 45.9 Å². The lowest BCUT2D eigenvalue weighted by atomic mass is 10.1. The van der Waals surface area contributed by atoms with Crippen LogP contribution in [-0.2, 0) is 0 Å². The molecule has 1 heterocycles. The summed E-state index contributed by atoms with van der Waals surface area (Å²) in [5.41, 5.74) is 5.41. The van der Waals surface area contributed by atoms with Crippen molar-refractivity contribution in [3.63, 3.8) is 0 Å². The van der Waals surface area contributed by atoms with Gasteiger partial charge in [0.15, 0.2) is 0 Å². The minimum absolute atomic E-state index is 0.170. The predicted octanol–water partition coefficient (Wildman–Crippen LogP) is 3.57. The number of nitrogens with zero attached hydrogens (tertiary/aromatic N) is 1. The summed E-state index contributed by atoms with van der Waals surface area (Å²) >= 11 is 0. The zero-order valence-corrected chi connectivity index (χ0v) is 11.7. The second-order valence-electron chi connectivity index (χ2n) is 5.00. The first-order valence-corrected chi connectivity index (χ1v) is 6.29. The summed E-state index contributed by atoms with van der Waals surface area (Å²) in [5, 5.41) is 2.89. The predicted molar refractivity (Wildman–Crippen MR) is 77.6 cm³/mol. The third-order valence-electron chi connectivity index (χ3n) is 2.81. The summed E-state index contributed by atoms with van der Waals surface area (Å²) in [6.07, 6.45) is 0. The Morgan fingerprint density at radius 3 is 2.05 bits per heavy atom. The van der Waals surface area contributed by atoms with Gasteiger partial charge in [0.25, 0.3) is 5.91 Å². The van der Waals surface area contributed by atoms with Crippen molar-refractivity contribution in [1.82, 2.24) is 4.98 Å². The Labute approximate surface area is 113 Å². The monoisotopic (exact) mass is 254 g/mol. The summed E-state index contributed by atoms with van der Waals surface area (Å²) in [4.78, 5) is 16.4. The fraction of sp³-hybridized carbons (Fsp3) is 0.250. The Bertz CT molecular complexity index is 592. The first-order valence-electron chi connectivity index (χ1n) is 6.29. The van der Waals surface area contributed by atoms with Crippen LogP contribution in [0.3, 0.4) is 0 Å². The van der Waals surface area contributed by atoms with Crippen LogP contribution in [0.5, 0.6) is 0 Å². The second-order valence-corrected chi connectivity index (χ2v) is 5.00. The number of anilines is 1. The van der Waals surface area contributed by atoms with Gasteiger partial charge in [-0.05, 0) is 68.7 Å². The average molecular weight is 254 g/mol. The number of nitrogens with one attached hydrogen (secondary N) is 1. The van der Waals surface area contributed by atoms with Gasteiger partial charge in [0.05, 0.1) is 0 Å². The van der Waals surface area contributed by atoms with E-state index in [1.165, 1.54) is 0 Å². The van der Waals surface area contributed by atoms with E-state index in [9.17, 15) is 4.79 Å². The number of carbonyl (C=O) groups excluding carboxylic acids is 1. The van der Waals surface area contributed by atoms with Crippen molar-refractivity contribution >= 4 is 11.6 Å². The molecule has 0 atom stereocenters. The van der Waals surface area contributed by atoms with Gasteiger partial charge in [-0.2, -0.15) is 0 Å². The number of hydrogen-bond donors (Lipinski definition) is 1. The highest BCUT2D eigenvalue weighted by atomic mass is 16.1. The quantitative estimate of drug-likeness (QED) is 0.890. The molecule has 0 bridgehead atoms. The molecule has 0 radical (unpaired) electrons. The van der Waals surface area contributed by atoms with Crippen LogP contribution in [0.2, 0.25) is 0 Å². The first-order chi connectivity index (χ1) is 8.94. The summed E-state index contributed by atoms with van der Waals surface area (Å²) < 4.78 is 0. The van der Waals surface area contributed by atoms with E-state index in [1.54, 1.807) is 6.07 Å². The summed E-state index contributed by atoms with van der Waals surface area (Å²) in [6, 6.07) is 9.73. The number of carbonyl (C=O) groups is 1. The number of amides is 1. The molecule has 98 valence electrons. The van der Waals surface area contributed by atoms with E-state index in [4.69, 9.17) is 0 Å². The Morgan fingerprint density at radius 2 is 1.47 bits per heavy atom.